The molecule has 28 heavy (non-hydrogen) atoms. The molecule has 1 saturated carbocycles. The van der Waals surface area contributed by atoms with Crippen molar-refractivity contribution in [2.45, 2.75) is 44.1 Å². The predicted molar refractivity (Wildman–Crippen MR) is 113 cm³/mol. The van der Waals surface area contributed by atoms with Crippen molar-refractivity contribution in [2.24, 2.45) is 0 Å². The van der Waals surface area contributed by atoms with E-state index in [1.54, 1.807) is 0 Å². The van der Waals surface area contributed by atoms with Crippen LogP contribution in [0.3, 0.4) is 0 Å². The van der Waals surface area contributed by atoms with Crippen LogP contribution in [0.25, 0.3) is 0 Å². The second kappa shape index (κ2) is 8.12. The van der Waals surface area contributed by atoms with Crippen LogP contribution in [0.1, 0.15) is 64.7 Å². The predicted octanol–water partition coefficient (Wildman–Crippen LogP) is 5.66. The van der Waals surface area contributed by atoms with E-state index in [0.29, 0.717) is 30.4 Å². The van der Waals surface area contributed by atoms with Crippen LogP contribution in [0, 0.1) is 0 Å². The Hall–Kier alpha value is -2.71. The summed E-state index contributed by atoms with van der Waals surface area (Å²) < 4.78 is 0. The smallest absolute Gasteiger partial charge is 0.193 e. The average Bonchev–Trinajstić information content (AvgIpc) is 2.75. The summed E-state index contributed by atoms with van der Waals surface area (Å²) in [6.07, 6.45) is 5.28. The lowest BCUT2D eigenvalue weighted by Crippen LogP contribution is -2.32. The number of hydrogen-bond donors (Lipinski definition) is 1. The van der Waals surface area contributed by atoms with Gasteiger partial charge in [0.1, 0.15) is 0 Å². The summed E-state index contributed by atoms with van der Waals surface area (Å²) in [6.45, 7) is 0. The third-order valence-electron chi connectivity index (χ3n) is 5.81. The highest BCUT2D eigenvalue weighted by atomic mass is 16.3. The van der Waals surface area contributed by atoms with Gasteiger partial charge in [0.25, 0.3) is 0 Å². The van der Waals surface area contributed by atoms with Crippen LogP contribution in [-0.4, -0.2) is 10.9 Å². The quantitative estimate of drug-likeness (QED) is 0.588. The Morgan fingerprint density at radius 2 is 1.43 bits per heavy atom. The van der Waals surface area contributed by atoms with Crippen LogP contribution in [0.15, 0.2) is 78.9 Å². The fraction of sp³-hybridized carbons (Fsp3) is 0.269. The molecular weight excluding hydrogens is 344 g/mol. The van der Waals surface area contributed by atoms with Gasteiger partial charge in [0.2, 0.25) is 0 Å². The lowest BCUT2D eigenvalue weighted by molar-refractivity contribution is -0.00196. The van der Waals surface area contributed by atoms with Gasteiger partial charge in [0.05, 0.1) is 5.60 Å². The largest absolute Gasteiger partial charge is 0.385 e. The van der Waals surface area contributed by atoms with E-state index in [0.717, 1.165) is 30.4 Å². The Balaban J connectivity index is 1.83. The lowest BCUT2D eigenvalue weighted by Gasteiger charge is -2.35. The molecule has 3 aromatic carbocycles. The first-order valence-electron chi connectivity index (χ1n) is 10.2. The standard InChI is InChI=1S/C26H26O2/c27-25(21-13-6-2-7-14-21)23-16-10-15-22(19-20-11-4-1-5-12-20)24(23)26(28)17-8-3-9-18-26/h1-2,4-7,10-16,28H,3,8-9,17-19H2. The number of rotatable bonds is 5. The molecule has 0 saturated heterocycles. The van der Waals surface area contributed by atoms with E-state index >= 15 is 0 Å². The Kier molecular flexibility index (Phi) is 5.40. The van der Waals surface area contributed by atoms with Gasteiger partial charge in [-0.2, -0.15) is 0 Å². The molecule has 0 unspecified atom stereocenters. The van der Waals surface area contributed by atoms with E-state index in [9.17, 15) is 9.90 Å². The fourth-order valence-corrected chi connectivity index (χ4v) is 4.43. The monoisotopic (exact) mass is 370 g/mol. The van der Waals surface area contributed by atoms with Gasteiger partial charge in [-0.1, -0.05) is 98.1 Å². The molecule has 2 nitrogen and oxygen atoms in total. The molecule has 1 aliphatic rings. The van der Waals surface area contributed by atoms with Crippen molar-refractivity contribution in [3.05, 3.63) is 107 Å². The Morgan fingerprint density at radius 3 is 2.11 bits per heavy atom. The molecule has 0 bridgehead atoms. The minimum absolute atomic E-state index is 0.00971. The molecule has 0 amide bonds. The van der Waals surface area contributed by atoms with Crippen molar-refractivity contribution < 1.29 is 9.90 Å². The highest BCUT2D eigenvalue weighted by molar-refractivity contribution is 6.10. The molecule has 1 fully saturated rings. The third kappa shape index (κ3) is 3.79. The van der Waals surface area contributed by atoms with Crippen LogP contribution in [0.5, 0.6) is 0 Å². The SMILES string of the molecule is O=C(c1ccccc1)c1cccc(Cc2ccccc2)c1C1(O)CCCCC1. The van der Waals surface area contributed by atoms with Gasteiger partial charge in [-0.15, -0.1) is 0 Å². The van der Waals surface area contributed by atoms with E-state index < -0.39 is 5.60 Å². The average molecular weight is 370 g/mol. The fourth-order valence-electron chi connectivity index (χ4n) is 4.43. The second-order valence-electron chi connectivity index (χ2n) is 7.79. The van der Waals surface area contributed by atoms with Crippen molar-refractivity contribution in [3.63, 3.8) is 0 Å². The first-order chi connectivity index (χ1) is 13.7. The summed E-state index contributed by atoms with van der Waals surface area (Å²) in [4.78, 5) is 13.3. The van der Waals surface area contributed by atoms with E-state index in [2.05, 4.69) is 18.2 Å². The molecule has 0 heterocycles. The van der Waals surface area contributed by atoms with Crippen LogP contribution in [0.4, 0.5) is 0 Å². The summed E-state index contributed by atoms with van der Waals surface area (Å²) in [5.74, 6) is -0.00971. The molecule has 3 aromatic rings. The van der Waals surface area contributed by atoms with Crippen molar-refractivity contribution in [1.82, 2.24) is 0 Å². The summed E-state index contributed by atoms with van der Waals surface area (Å²) in [5, 5.41) is 11.6. The molecule has 0 aromatic heterocycles. The summed E-state index contributed by atoms with van der Waals surface area (Å²) in [5.41, 5.74) is 3.46. The maximum Gasteiger partial charge on any atom is 0.193 e. The van der Waals surface area contributed by atoms with Crippen LogP contribution < -0.4 is 0 Å². The highest BCUT2D eigenvalue weighted by Gasteiger charge is 2.36. The molecule has 142 valence electrons. The molecule has 2 heteroatoms. The van der Waals surface area contributed by atoms with Crippen LogP contribution >= 0.6 is 0 Å². The molecule has 0 radical (unpaired) electrons. The number of hydrogen-bond acceptors (Lipinski definition) is 2. The Morgan fingerprint density at radius 1 is 0.786 bits per heavy atom. The topological polar surface area (TPSA) is 37.3 Å². The molecule has 1 N–H and O–H groups in total. The van der Waals surface area contributed by atoms with E-state index in [4.69, 9.17) is 0 Å². The molecule has 4 rings (SSSR count). The molecule has 0 aliphatic heterocycles. The number of carbonyl (C=O) groups excluding carboxylic acids is 1. The second-order valence-corrected chi connectivity index (χ2v) is 7.79. The van der Waals surface area contributed by atoms with Crippen molar-refractivity contribution in [2.75, 3.05) is 0 Å². The van der Waals surface area contributed by atoms with Crippen molar-refractivity contribution in [1.29, 1.82) is 0 Å². The molecule has 0 atom stereocenters. The number of carbonyl (C=O) groups is 1. The third-order valence-corrected chi connectivity index (χ3v) is 5.81. The Bertz CT molecular complexity index is 939. The van der Waals surface area contributed by atoms with Gasteiger partial charge < -0.3 is 5.11 Å². The van der Waals surface area contributed by atoms with E-state index in [1.807, 2.05) is 60.7 Å². The number of aliphatic hydroxyl groups is 1. The van der Waals surface area contributed by atoms with Crippen molar-refractivity contribution in [3.8, 4) is 0 Å². The minimum Gasteiger partial charge on any atom is -0.385 e. The summed E-state index contributed by atoms with van der Waals surface area (Å²) in [7, 11) is 0. The van der Waals surface area contributed by atoms with Crippen molar-refractivity contribution >= 4 is 5.78 Å². The first kappa shape index (κ1) is 18.6. The zero-order valence-corrected chi connectivity index (χ0v) is 16.1. The summed E-state index contributed by atoms with van der Waals surface area (Å²) in [6, 6.07) is 25.5. The van der Waals surface area contributed by atoms with Gasteiger partial charge in [-0.3, -0.25) is 4.79 Å². The van der Waals surface area contributed by atoms with E-state index in [1.165, 1.54) is 5.56 Å². The van der Waals surface area contributed by atoms with Gasteiger partial charge in [0, 0.05) is 11.1 Å². The number of benzene rings is 3. The molecule has 1 aliphatic carbocycles. The number of ketones is 1. The Labute approximate surface area is 166 Å². The zero-order valence-electron chi connectivity index (χ0n) is 16.1. The maximum atomic E-state index is 13.3. The maximum absolute atomic E-state index is 13.3. The van der Waals surface area contributed by atoms with Crippen LogP contribution in [0.2, 0.25) is 0 Å². The van der Waals surface area contributed by atoms with Gasteiger partial charge in [0.15, 0.2) is 5.78 Å². The normalized spacial score (nSPS) is 15.9. The van der Waals surface area contributed by atoms with E-state index in [-0.39, 0.29) is 5.78 Å². The van der Waals surface area contributed by atoms with Gasteiger partial charge in [-0.25, -0.2) is 0 Å². The van der Waals surface area contributed by atoms with Crippen LogP contribution in [-0.2, 0) is 12.0 Å². The molecule has 0 spiro atoms. The van der Waals surface area contributed by atoms with Gasteiger partial charge >= 0.3 is 0 Å². The summed E-state index contributed by atoms with van der Waals surface area (Å²) >= 11 is 0. The first-order valence-corrected chi connectivity index (χ1v) is 10.2. The highest BCUT2D eigenvalue weighted by Crippen LogP contribution is 2.41. The zero-order chi connectivity index (χ0) is 19.4. The molecular formula is C26H26O2. The lowest BCUT2D eigenvalue weighted by atomic mass is 9.74. The minimum atomic E-state index is -0.927. The van der Waals surface area contributed by atoms with Gasteiger partial charge in [-0.05, 0) is 36.0 Å².